The Morgan fingerprint density at radius 1 is 1.53 bits per heavy atom. The molecule has 0 heterocycles. The number of carbonyl (C=O) groups is 1. The zero-order valence-electron chi connectivity index (χ0n) is 10.8. The number of halogens is 2. The van der Waals surface area contributed by atoms with E-state index in [4.69, 9.17) is 11.6 Å². The van der Waals surface area contributed by atoms with E-state index in [2.05, 4.69) is 28.7 Å². The molecule has 2 rings (SSSR count). The van der Waals surface area contributed by atoms with Crippen LogP contribution in [0, 0.1) is 14.9 Å². The Hall–Kier alpha value is -0.800. The van der Waals surface area contributed by atoms with Crippen molar-refractivity contribution in [3.05, 3.63) is 32.4 Å². The van der Waals surface area contributed by atoms with Crippen molar-refractivity contribution >= 4 is 40.1 Å². The van der Waals surface area contributed by atoms with E-state index < -0.39 is 5.54 Å². The molecule has 1 fully saturated rings. The Kier molecular flexibility index (Phi) is 4.07. The van der Waals surface area contributed by atoms with E-state index in [1.54, 1.807) is 30.9 Å². The molecule has 3 nitrogen and oxygen atoms in total. The summed E-state index contributed by atoms with van der Waals surface area (Å²) in [4.78, 5) is 14.3. The molecule has 0 radical (unpaired) electrons. The summed E-state index contributed by atoms with van der Waals surface area (Å²) in [7, 11) is 0. The first-order chi connectivity index (χ1) is 8.86. The second-order valence-electron chi connectivity index (χ2n) is 5.21. The van der Waals surface area contributed by atoms with E-state index >= 15 is 0 Å². The van der Waals surface area contributed by atoms with Gasteiger partial charge in [-0.3, -0.25) is 4.79 Å². The fraction of sp³-hybridized carbons (Fsp3) is 0.429. The molecule has 0 spiro atoms. The lowest BCUT2D eigenvalue weighted by Gasteiger charge is -2.33. The first-order valence-electron chi connectivity index (χ1n) is 6.07. The molecule has 0 aromatic heterocycles. The zero-order valence-corrected chi connectivity index (χ0v) is 13.7. The van der Waals surface area contributed by atoms with Gasteiger partial charge >= 0.3 is 0 Å². The molecule has 100 valence electrons. The van der Waals surface area contributed by atoms with Crippen molar-refractivity contribution in [2.45, 2.75) is 38.3 Å². The average Bonchev–Trinajstić information content (AvgIpc) is 3.17. The van der Waals surface area contributed by atoms with Crippen molar-refractivity contribution < 1.29 is 4.79 Å². The van der Waals surface area contributed by atoms with E-state index in [1.807, 2.05) is 6.07 Å². The molecular formula is C14H14ClIN2O. The van der Waals surface area contributed by atoms with Crippen LogP contribution in [0.5, 0.6) is 0 Å². The molecule has 0 unspecified atom stereocenters. The highest BCUT2D eigenvalue weighted by atomic mass is 127. The van der Waals surface area contributed by atoms with Crippen LogP contribution >= 0.6 is 34.2 Å². The molecular weight excluding hydrogens is 375 g/mol. The average molecular weight is 389 g/mol. The van der Waals surface area contributed by atoms with E-state index in [0.717, 1.165) is 16.4 Å². The number of benzene rings is 1. The number of amides is 1. The summed E-state index contributed by atoms with van der Waals surface area (Å²) >= 11 is 8.18. The predicted octanol–water partition coefficient (Wildman–Crippen LogP) is 3.85. The number of nitriles is 1. The van der Waals surface area contributed by atoms with Gasteiger partial charge in [-0.25, -0.2) is 0 Å². The fourth-order valence-corrected chi connectivity index (χ4v) is 2.55. The number of hydrogen-bond acceptors (Lipinski definition) is 2. The van der Waals surface area contributed by atoms with E-state index in [9.17, 15) is 10.1 Å². The van der Waals surface area contributed by atoms with Gasteiger partial charge in [0.2, 0.25) is 0 Å². The first-order valence-corrected chi connectivity index (χ1v) is 7.52. The molecule has 0 saturated heterocycles. The van der Waals surface area contributed by atoms with Gasteiger partial charge in [0, 0.05) is 15.2 Å². The minimum Gasteiger partial charge on any atom is -0.317 e. The van der Waals surface area contributed by atoms with Crippen LogP contribution in [-0.4, -0.2) is 22.4 Å². The fourth-order valence-electron chi connectivity index (χ4n) is 2.03. The lowest BCUT2D eigenvalue weighted by atomic mass is 10.0. The van der Waals surface area contributed by atoms with Crippen molar-refractivity contribution in [2.75, 3.05) is 0 Å². The monoisotopic (exact) mass is 388 g/mol. The van der Waals surface area contributed by atoms with Gasteiger partial charge in [0.15, 0.2) is 0 Å². The van der Waals surface area contributed by atoms with Crippen LogP contribution in [0.4, 0.5) is 0 Å². The highest BCUT2D eigenvalue weighted by Crippen LogP contribution is 2.34. The van der Waals surface area contributed by atoms with Crippen LogP contribution in [0.15, 0.2) is 18.2 Å². The standard InChI is InChI=1S/C14H14ClIN2O/c1-14(2,8-17)18(10-4-5-10)13(19)9-3-6-12(16)11(15)7-9/h3,6-7,10H,4-5H2,1-2H3. The molecule has 1 amide bonds. The summed E-state index contributed by atoms with van der Waals surface area (Å²) in [5.74, 6) is -0.118. The normalized spacial score (nSPS) is 14.9. The summed E-state index contributed by atoms with van der Waals surface area (Å²) in [6.45, 7) is 3.55. The quantitative estimate of drug-likeness (QED) is 0.738. The van der Waals surface area contributed by atoms with Gasteiger partial charge in [-0.05, 0) is 67.5 Å². The second-order valence-corrected chi connectivity index (χ2v) is 6.78. The summed E-state index contributed by atoms with van der Waals surface area (Å²) in [5.41, 5.74) is -0.256. The van der Waals surface area contributed by atoms with Gasteiger partial charge in [-0.1, -0.05) is 11.6 Å². The van der Waals surface area contributed by atoms with Crippen molar-refractivity contribution in [2.24, 2.45) is 0 Å². The summed E-state index contributed by atoms with van der Waals surface area (Å²) in [6.07, 6.45) is 1.93. The Bertz CT molecular complexity index is 561. The van der Waals surface area contributed by atoms with Crippen molar-refractivity contribution in [1.82, 2.24) is 4.90 Å². The molecule has 0 atom stereocenters. The third-order valence-corrected chi connectivity index (χ3v) is 4.75. The van der Waals surface area contributed by atoms with Gasteiger partial charge in [0.1, 0.15) is 5.54 Å². The van der Waals surface area contributed by atoms with Gasteiger partial charge in [-0.15, -0.1) is 0 Å². The first kappa shape index (κ1) is 14.6. The molecule has 5 heteroatoms. The van der Waals surface area contributed by atoms with E-state index in [-0.39, 0.29) is 11.9 Å². The molecule has 1 aromatic rings. The SMILES string of the molecule is CC(C)(C#N)N(C(=O)c1ccc(I)c(Cl)c1)C1CC1. The zero-order chi connectivity index (χ0) is 14.2. The van der Waals surface area contributed by atoms with Gasteiger partial charge < -0.3 is 4.90 Å². The van der Waals surface area contributed by atoms with Crippen LogP contribution in [0.2, 0.25) is 5.02 Å². The summed E-state index contributed by atoms with van der Waals surface area (Å²) in [6, 6.07) is 7.65. The van der Waals surface area contributed by atoms with Crippen LogP contribution in [0.1, 0.15) is 37.0 Å². The van der Waals surface area contributed by atoms with Gasteiger partial charge in [0.05, 0.1) is 11.1 Å². The van der Waals surface area contributed by atoms with E-state index in [0.29, 0.717) is 10.6 Å². The molecule has 1 aliphatic carbocycles. The smallest absolute Gasteiger partial charge is 0.255 e. The summed E-state index contributed by atoms with van der Waals surface area (Å²) < 4.78 is 0.910. The molecule has 1 aromatic carbocycles. The lowest BCUT2D eigenvalue weighted by Crippen LogP contribution is -2.48. The third-order valence-electron chi connectivity index (χ3n) is 3.17. The largest absolute Gasteiger partial charge is 0.317 e. The molecule has 1 aliphatic rings. The Balaban J connectivity index is 2.35. The number of rotatable bonds is 3. The van der Waals surface area contributed by atoms with Crippen molar-refractivity contribution in [1.29, 1.82) is 5.26 Å². The highest BCUT2D eigenvalue weighted by Gasteiger charge is 2.42. The van der Waals surface area contributed by atoms with Crippen LogP contribution < -0.4 is 0 Å². The van der Waals surface area contributed by atoms with Crippen molar-refractivity contribution in [3.8, 4) is 6.07 Å². The van der Waals surface area contributed by atoms with Crippen LogP contribution in [-0.2, 0) is 0 Å². The van der Waals surface area contributed by atoms with Gasteiger partial charge in [0.25, 0.3) is 5.91 Å². The van der Waals surface area contributed by atoms with Crippen LogP contribution in [0.25, 0.3) is 0 Å². The van der Waals surface area contributed by atoms with E-state index in [1.165, 1.54) is 0 Å². The number of nitrogens with zero attached hydrogens (tertiary/aromatic N) is 2. The Morgan fingerprint density at radius 3 is 2.63 bits per heavy atom. The highest BCUT2D eigenvalue weighted by molar-refractivity contribution is 14.1. The summed E-state index contributed by atoms with van der Waals surface area (Å²) in [5, 5.41) is 9.83. The van der Waals surface area contributed by atoms with Gasteiger partial charge in [-0.2, -0.15) is 5.26 Å². The topological polar surface area (TPSA) is 44.1 Å². The third kappa shape index (κ3) is 3.03. The van der Waals surface area contributed by atoms with Crippen molar-refractivity contribution in [3.63, 3.8) is 0 Å². The minimum absolute atomic E-state index is 0.118. The molecule has 0 aliphatic heterocycles. The minimum atomic E-state index is -0.798. The lowest BCUT2D eigenvalue weighted by molar-refractivity contribution is 0.0615. The second kappa shape index (κ2) is 5.29. The molecule has 0 bridgehead atoms. The maximum absolute atomic E-state index is 12.6. The predicted molar refractivity (Wildman–Crippen MR) is 83.1 cm³/mol. The molecule has 1 saturated carbocycles. The Morgan fingerprint density at radius 2 is 2.16 bits per heavy atom. The van der Waals surface area contributed by atoms with Crippen LogP contribution in [0.3, 0.4) is 0 Å². The number of hydrogen-bond donors (Lipinski definition) is 0. The Labute approximate surface area is 131 Å². The molecule has 19 heavy (non-hydrogen) atoms. The molecule has 0 N–H and O–H groups in total. The number of carbonyl (C=O) groups excluding carboxylic acids is 1. The maximum Gasteiger partial charge on any atom is 0.255 e. The maximum atomic E-state index is 12.6.